The first-order valence-corrected chi connectivity index (χ1v) is 11.8. The number of anilines is 1. The molecule has 2 N–H and O–H groups in total. The van der Waals surface area contributed by atoms with Gasteiger partial charge in [-0.1, -0.05) is 6.92 Å². The van der Waals surface area contributed by atoms with Gasteiger partial charge < -0.3 is 15.1 Å². The Hall–Kier alpha value is -3.63. The van der Waals surface area contributed by atoms with Crippen LogP contribution in [0.2, 0.25) is 0 Å². The Balaban J connectivity index is 1.59. The lowest BCUT2D eigenvalue weighted by Gasteiger charge is -2.39. The second-order valence-corrected chi connectivity index (χ2v) is 9.23. The fourth-order valence-electron chi connectivity index (χ4n) is 5.14. The summed E-state index contributed by atoms with van der Waals surface area (Å²) in [6.07, 6.45) is 6.37. The lowest BCUT2D eigenvalue weighted by atomic mass is 9.93. The molecule has 4 amide bonds. The van der Waals surface area contributed by atoms with Gasteiger partial charge in [0, 0.05) is 58.1 Å². The average Bonchev–Trinajstić information content (AvgIpc) is 3.61. The van der Waals surface area contributed by atoms with E-state index >= 15 is 0 Å². The summed E-state index contributed by atoms with van der Waals surface area (Å²) >= 11 is 0. The predicted octanol–water partition coefficient (Wildman–Crippen LogP) is 1.72. The standard InChI is InChI=1S/C23H30N8O3/c1-14-7-11-30(23(34)29-9-4-5-10-29)13-17(14)31-18-15-6-8-25-19(15)26-12-16(18)20(27-31)28(3)22(33)21(32)24-2/h6,8,12,14,17,27H,4-5,7,9-11,13H2,1-3H3,(H,24,32)/t14-,17+/m1/s1. The van der Waals surface area contributed by atoms with Crippen LogP contribution in [0, 0.1) is 5.92 Å². The van der Waals surface area contributed by atoms with E-state index in [0.717, 1.165) is 55.2 Å². The van der Waals surface area contributed by atoms with E-state index in [1.165, 1.54) is 11.9 Å². The van der Waals surface area contributed by atoms with Crippen LogP contribution in [0.1, 0.15) is 32.2 Å². The van der Waals surface area contributed by atoms with E-state index in [-0.39, 0.29) is 18.0 Å². The topological polar surface area (TPSA) is 119 Å². The number of aromatic amines is 1. The molecule has 0 unspecified atom stereocenters. The minimum atomic E-state index is -0.700. The van der Waals surface area contributed by atoms with Gasteiger partial charge in [-0.15, -0.1) is 0 Å². The number of aromatic nitrogens is 4. The van der Waals surface area contributed by atoms with Crippen LogP contribution in [0.3, 0.4) is 0 Å². The Kier molecular flexibility index (Phi) is 5.62. The van der Waals surface area contributed by atoms with E-state index < -0.39 is 11.8 Å². The summed E-state index contributed by atoms with van der Waals surface area (Å²) < 4.78 is 2.04. The van der Waals surface area contributed by atoms with Crippen molar-refractivity contribution in [2.45, 2.75) is 32.2 Å². The van der Waals surface area contributed by atoms with Crippen LogP contribution >= 0.6 is 0 Å². The molecule has 0 radical (unpaired) electrons. The first-order chi connectivity index (χ1) is 16.4. The maximum atomic E-state index is 13.1. The van der Waals surface area contributed by atoms with Gasteiger partial charge in [0.1, 0.15) is 5.82 Å². The number of carbonyl (C=O) groups excluding carboxylic acids is 3. The van der Waals surface area contributed by atoms with Crippen molar-refractivity contribution in [3.63, 3.8) is 0 Å². The summed E-state index contributed by atoms with van der Waals surface area (Å²) in [4.78, 5) is 51.8. The number of likely N-dealkylation sites (tertiary alicyclic amines) is 2. The maximum Gasteiger partial charge on any atom is 0.320 e. The van der Waals surface area contributed by atoms with E-state index in [0.29, 0.717) is 18.0 Å². The molecule has 5 heterocycles. The van der Waals surface area contributed by atoms with Crippen molar-refractivity contribution in [2.75, 3.05) is 45.2 Å². The number of fused-ring (bicyclic) bond motifs is 3. The number of nitrogens with zero attached hydrogens (tertiary/aromatic N) is 6. The van der Waals surface area contributed by atoms with Crippen LogP contribution in [0.4, 0.5) is 10.6 Å². The number of hydrogen-bond acceptors (Lipinski definition) is 5. The number of rotatable bonds is 2. The van der Waals surface area contributed by atoms with E-state index in [4.69, 9.17) is 0 Å². The summed E-state index contributed by atoms with van der Waals surface area (Å²) in [6, 6.07) is 1.96. The highest BCUT2D eigenvalue weighted by Gasteiger charge is 2.35. The van der Waals surface area contributed by atoms with Crippen molar-refractivity contribution in [3.05, 3.63) is 18.5 Å². The number of pyridine rings is 1. The minimum Gasteiger partial charge on any atom is -0.351 e. The molecule has 2 aliphatic heterocycles. The van der Waals surface area contributed by atoms with E-state index in [2.05, 4.69) is 27.3 Å². The van der Waals surface area contributed by atoms with Crippen LogP contribution < -0.4 is 10.2 Å². The maximum absolute atomic E-state index is 13.1. The molecular formula is C23H30N8O3. The lowest BCUT2D eigenvalue weighted by Crippen LogP contribution is -2.49. The zero-order chi connectivity index (χ0) is 24.0. The number of nitrogens with one attached hydrogen (secondary N) is 2. The first-order valence-electron chi connectivity index (χ1n) is 11.8. The number of hydrogen-bond donors (Lipinski definition) is 2. The molecule has 0 aromatic carbocycles. The molecule has 34 heavy (non-hydrogen) atoms. The summed E-state index contributed by atoms with van der Waals surface area (Å²) in [5.74, 6) is -0.613. The fourth-order valence-corrected chi connectivity index (χ4v) is 5.14. The van der Waals surface area contributed by atoms with Gasteiger partial charge >= 0.3 is 17.8 Å². The second-order valence-electron chi connectivity index (χ2n) is 9.23. The van der Waals surface area contributed by atoms with Crippen molar-refractivity contribution in [2.24, 2.45) is 5.92 Å². The third-order valence-electron chi connectivity index (χ3n) is 7.19. The van der Waals surface area contributed by atoms with Gasteiger partial charge in [0.05, 0.1) is 16.9 Å². The minimum absolute atomic E-state index is 0.0412. The van der Waals surface area contributed by atoms with Crippen molar-refractivity contribution in [1.82, 2.24) is 34.9 Å². The zero-order valence-electron chi connectivity index (χ0n) is 19.7. The Morgan fingerprint density at radius 3 is 2.62 bits per heavy atom. The van der Waals surface area contributed by atoms with Gasteiger partial charge in [-0.25, -0.2) is 14.8 Å². The fraction of sp³-hybridized carbons (Fsp3) is 0.522. The summed E-state index contributed by atoms with van der Waals surface area (Å²) in [5.41, 5.74) is 1.47. The number of H-pyrrole nitrogens is 1. The highest BCUT2D eigenvalue weighted by molar-refractivity contribution is 6.40. The van der Waals surface area contributed by atoms with E-state index in [1.807, 2.05) is 20.5 Å². The molecule has 0 bridgehead atoms. The molecule has 3 aromatic rings. The monoisotopic (exact) mass is 466 g/mol. The molecule has 0 aliphatic carbocycles. The van der Waals surface area contributed by atoms with Gasteiger partial charge in [-0.2, -0.15) is 0 Å². The van der Waals surface area contributed by atoms with Gasteiger partial charge in [0.2, 0.25) is 0 Å². The molecule has 11 heteroatoms. The Morgan fingerprint density at radius 1 is 1.12 bits per heavy atom. The van der Waals surface area contributed by atoms with Crippen LogP contribution in [0.25, 0.3) is 21.9 Å². The molecule has 3 aromatic heterocycles. The third kappa shape index (κ3) is 3.55. The van der Waals surface area contributed by atoms with Crippen molar-refractivity contribution < 1.29 is 14.4 Å². The highest BCUT2D eigenvalue weighted by Crippen LogP contribution is 2.37. The van der Waals surface area contributed by atoms with Crippen LogP contribution in [-0.4, -0.2) is 87.7 Å². The molecule has 2 atom stereocenters. The van der Waals surface area contributed by atoms with Crippen LogP contribution in [0.5, 0.6) is 0 Å². The molecule has 2 fully saturated rings. The summed E-state index contributed by atoms with van der Waals surface area (Å²) in [7, 11) is 2.99. The molecule has 0 spiro atoms. The van der Waals surface area contributed by atoms with Gasteiger partial charge in [0.15, 0.2) is 5.65 Å². The van der Waals surface area contributed by atoms with Crippen LogP contribution in [0.15, 0.2) is 18.5 Å². The lowest BCUT2D eigenvalue weighted by molar-refractivity contribution is -0.137. The first kappa shape index (κ1) is 22.2. The number of urea groups is 1. The summed E-state index contributed by atoms with van der Waals surface area (Å²) in [5, 5.41) is 7.34. The van der Waals surface area contributed by atoms with Crippen molar-refractivity contribution >= 4 is 45.6 Å². The predicted molar refractivity (Wildman–Crippen MR) is 127 cm³/mol. The number of likely N-dealkylation sites (N-methyl/N-ethyl adjacent to an activating group) is 2. The summed E-state index contributed by atoms with van der Waals surface area (Å²) in [6.45, 7) is 5.10. The quantitative estimate of drug-likeness (QED) is 0.558. The van der Waals surface area contributed by atoms with Gasteiger partial charge in [-0.3, -0.25) is 24.3 Å². The number of carbonyl (C=O) groups is 3. The third-order valence-corrected chi connectivity index (χ3v) is 7.19. The second kappa shape index (κ2) is 8.62. The smallest absolute Gasteiger partial charge is 0.320 e. The molecular weight excluding hydrogens is 436 g/mol. The van der Waals surface area contributed by atoms with Crippen molar-refractivity contribution in [1.29, 1.82) is 0 Å². The Labute approximate surface area is 197 Å². The number of amides is 4. The number of piperidine rings is 1. The molecule has 5 rings (SSSR count). The molecule has 11 nitrogen and oxygen atoms in total. The molecule has 180 valence electrons. The van der Waals surface area contributed by atoms with Gasteiger partial charge in [0.25, 0.3) is 0 Å². The van der Waals surface area contributed by atoms with E-state index in [9.17, 15) is 14.4 Å². The highest BCUT2D eigenvalue weighted by atomic mass is 16.2. The Bertz CT molecular complexity index is 1260. The molecule has 0 saturated carbocycles. The molecule has 2 aliphatic rings. The van der Waals surface area contributed by atoms with Gasteiger partial charge in [-0.05, 0) is 31.2 Å². The normalized spacial score (nSPS) is 20.8. The molecule has 2 saturated heterocycles. The zero-order valence-corrected chi connectivity index (χ0v) is 19.7. The SMILES string of the molecule is CNC(=O)C(=O)N(C)c1[nH]n([C@H]2CN(C(=O)N3CCCC3)CC[C@H]2C)c2c1cnc1nccc12. The van der Waals surface area contributed by atoms with E-state index in [1.54, 1.807) is 19.4 Å². The van der Waals surface area contributed by atoms with Crippen LogP contribution in [-0.2, 0) is 9.59 Å². The largest absolute Gasteiger partial charge is 0.351 e. The average molecular weight is 467 g/mol. The Morgan fingerprint density at radius 2 is 1.88 bits per heavy atom. The van der Waals surface area contributed by atoms with Crippen molar-refractivity contribution in [3.8, 4) is 0 Å².